The van der Waals surface area contributed by atoms with Crippen molar-refractivity contribution in [1.82, 2.24) is 20.3 Å². The minimum atomic E-state index is -0.747. The van der Waals surface area contributed by atoms with Gasteiger partial charge in [0, 0.05) is 29.1 Å². The monoisotopic (exact) mass is 384 g/mol. The second-order valence-corrected chi connectivity index (χ2v) is 6.33. The van der Waals surface area contributed by atoms with Crippen LogP contribution in [0.4, 0.5) is 8.78 Å². The van der Waals surface area contributed by atoms with Crippen molar-refractivity contribution in [3.05, 3.63) is 81.4 Å². The van der Waals surface area contributed by atoms with Crippen molar-refractivity contribution in [3.63, 3.8) is 0 Å². The zero-order valence-electron chi connectivity index (χ0n) is 15.3. The molecule has 0 bridgehead atoms. The number of nitrogens with one attached hydrogen (secondary N) is 2. The van der Waals surface area contributed by atoms with Gasteiger partial charge in [0.05, 0.1) is 12.5 Å². The fourth-order valence-corrected chi connectivity index (χ4v) is 2.83. The molecule has 3 rings (SSSR count). The van der Waals surface area contributed by atoms with Gasteiger partial charge in [0.1, 0.15) is 17.3 Å². The lowest BCUT2D eigenvalue weighted by Gasteiger charge is -2.15. The number of aromatic amines is 1. The molecule has 2 heterocycles. The SMILES string of the molecule is Cc1nc(-c2ccccn2)[nH]c(=O)c1CC(=O)N[C@H](C)c1ccc(F)cc1F. The zero-order valence-corrected chi connectivity index (χ0v) is 15.3. The van der Waals surface area contributed by atoms with Crippen LogP contribution in [0.2, 0.25) is 0 Å². The summed E-state index contributed by atoms with van der Waals surface area (Å²) in [5.41, 5.74) is 0.844. The Morgan fingerprint density at radius 2 is 2.04 bits per heavy atom. The maximum Gasteiger partial charge on any atom is 0.255 e. The van der Waals surface area contributed by atoms with Crippen molar-refractivity contribution in [2.45, 2.75) is 26.3 Å². The Balaban J connectivity index is 1.76. The van der Waals surface area contributed by atoms with E-state index in [1.165, 1.54) is 6.07 Å². The highest BCUT2D eigenvalue weighted by Crippen LogP contribution is 2.18. The van der Waals surface area contributed by atoms with Gasteiger partial charge >= 0.3 is 0 Å². The molecule has 3 aromatic rings. The number of aryl methyl sites for hydroxylation is 1. The summed E-state index contributed by atoms with van der Waals surface area (Å²) < 4.78 is 26.9. The average molecular weight is 384 g/mol. The number of halogens is 2. The third-order valence-corrected chi connectivity index (χ3v) is 4.27. The predicted octanol–water partition coefficient (Wildman–Crippen LogP) is 2.84. The van der Waals surface area contributed by atoms with Crippen LogP contribution in [0.15, 0.2) is 47.4 Å². The number of carbonyl (C=O) groups excluding carboxylic acids is 1. The first-order chi connectivity index (χ1) is 13.3. The summed E-state index contributed by atoms with van der Waals surface area (Å²) in [6.45, 7) is 3.21. The molecule has 0 spiro atoms. The van der Waals surface area contributed by atoms with Crippen molar-refractivity contribution in [1.29, 1.82) is 0 Å². The molecule has 0 saturated carbocycles. The number of hydrogen-bond acceptors (Lipinski definition) is 4. The smallest absolute Gasteiger partial charge is 0.255 e. The van der Waals surface area contributed by atoms with Gasteiger partial charge in [-0.05, 0) is 32.0 Å². The Morgan fingerprint density at radius 1 is 1.25 bits per heavy atom. The van der Waals surface area contributed by atoms with Gasteiger partial charge in [0.15, 0.2) is 5.82 Å². The Bertz CT molecular complexity index is 1070. The zero-order chi connectivity index (χ0) is 20.3. The highest BCUT2D eigenvalue weighted by molar-refractivity contribution is 5.79. The summed E-state index contributed by atoms with van der Waals surface area (Å²) in [5, 5.41) is 2.61. The van der Waals surface area contributed by atoms with Crippen LogP contribution in [-0.2, 0) is 11.2 Å². The molecule has 6 nitrogen and oxygen atoms in total. The summed E-state index contributed by atoms with van der Waals surface area (Å²) >= 11 is 0. The van der Waals surface area contributed by atoms with E-state index in [0.29, 0.717) is 17.2 Å². The maximum atomic E-state index is 13.8. The molecule has 8 heteroatoms. The standard InChI is InChI=1S/C20H18F2N4O2/c1-11(14-7-6-13(21)9-16(14)22)24-18(27)10-15-12(2)25-19(26-20(15)28)17-5-3-4-8-23-17/h3-9,11H,10H2,1-2H3,(H,24,27)(H,25,26,28)/t11-/m1/s1. The topological polar surface area (TPSA) is 87.7 Å². The number of H-pyrrole nitrogens is 1. The van der Waals surface area contributed by atoms with Crippen LogP contribution in [-0.4, -0.2) is 20.9 Å². The van der Waals surface area contributed by atoms with Gasteiger partial charge in [-0.1, -0.05) is 12.1 Å². The molecule has 0 aliphatic rings. The summed E-state index contributed by atoms with van der Waals surface area (Å²) in [6.07, 6.45) is 1.37. The number of hydrogen-bond donors (Lipinski definition) is 2. The molecule has 0 aliphatic carbocycles. The number of rotatable bonds is 5. The lowest BCUT2D eigenvalue weighted by molar-refractivity contribution is -0.121. The first kappa shape index (κ1) is 19.3. The van der Waals surface area contributed by atoms with Crippen LogP contribution in [0.5, 0.6) is 0 Å². The summed E-state index contributed by atoms with van der Waals surface area (Å²) in [7, 11) is 0. The van der Waals surface area contributed by atoms with Crippen LogP contribution in [0.3, 0.4) is 0 Å². The molecule has 0 unspecified atom stereocenters. The fourth-order valence-electron chi connectivity index (χ4n) is 2.83. The van der Waals surface area contributed by atoms with E-state index in [-0.39, 0.29) is 17.5 Å². The molecule has 2 N–H and O–H groups in total. The van der Waals surface area contributed by atoms with Gasteiger partial charge in [-0.15, -0.1) is 0 Å². The first-order valence-electron chi connectivity index (χ1n) is 8.60. The van der Waals surface area contributed by atoms with Crippen LogP contribution in [0, 0.1) is 18.6 Å². The van der Waals surface area contributed by atoms with Crippen molar-refractivity contribution in [2.24, 2.45) is 0 Å². The Kier molecular flexibility index (Phi) is 5.58. The van der Waals surface area contributed by atoms with Crippen LogP contribution >= 0.6 is 0 Å². The van der Waals surface area contributed by atoms with E-state index in [2.05, 4.69) is 20.3 Å². The molecule has 1 amide bonds. The van der Waals surface area contributed by atoms with E-state index in [9.17, 15) is 18.4 Å². The molecule has 144 valence electrons. The van der Waals surface area contributed by atoms with Gasteiger partial charge in [-0.2, -0.15) is 0 Å². The Hall–Kier alpha value is -3.42. The second-order valence-electron chi connectivity index (χ2n) is 6.33. The average Bonchev–Trinajstić information content (AvgIpc) is 2.65. The number of pyridine rings is 1. The van der Waals surface area contributed by atoms with Gasteiger partial charge in [-0.3, -0.25) is 14.6 Å². The highest BCUT2D eigenvalue weighted by Gasteiger charge is 2.18. The van der Waals surface area contributed by atoms with Crippen LogP contribution < -0.4 is 10.9 Å². The minimum Gasteiger partial charge on any atom is -0.349 e. The van der Waals surface area contributed by atoms with E-state index < -0.39 is 29.1 Å². The van der Waals surface area contributed by atoms with Gasteiger partial charge in [0.2, 0.25) is 5.91 Å². The Labute approximate surface area is 159 Å². The molecule has 1 aromatic carbocycles. The number of carbonyl (C=O) groups is 1. The quantitative estimate of drug-likeness (QED) is 0.708. The largest absolute Gasteiger partial charge is 0.349 e. The molecule has 1 atom stereocenters. The molecular formula is C20H18F2N4O2. The number of benzene rings is 1. The van der Waals surface area contributed by atoms with Crippen molar-refractivity contribution in [2.75, 3.05) is 0 Å². The highest BCUT2D eigenvalue weighted by atomic mass is 19.1. The molecule has 0 fully saturated rings. The van der Waals surface area contributed by atoms with E-state index in [4.69, 9.17) is 0 Å². The second kappa shape index (κ2) is 8.08. The number of aromatic nitrogens is 3. The van der Waals surface area contributed by atoms with Crippen LogP contribution in [0.25, 0.3) is 11.5 Å². The number of nitrogens with zero attached hydrogens (tertiary/aromatic N) is 2. The molecule has 0 radical (unpaired) electrons. The van der Waals surface area contributed by atoms with E-state index in [1.54, 1.807) is 38.2 Å². The third kappa shape index (κ3) is 4.28. The Morgan fingerprint density at radius 3 is 2.68 bits per heavy atom. The van der Waals surface area contributed by atoms with Crippen molar-refractivity contribution >= 4 is 5.91 Å². The third-order valence-electron chi connectivity index (χ3n) is 4.27. The summed E-state index contributed by atoms with van der Waals surface area (Å²) in [4.78, 5) is 35.8. The van der Waals surface area contributed by atoms with E-state index >= 15 is 0 Å². The van der Waals surface area contributed by atoms with Gasteiger partial charge in [0.25, 0.3) is 5.56 Å². The van der Waals surface area contributed by atoms with Crippen molar-refractivity contribution < 1.29 is 13.6 Å². The lowest BCUT2D eigenvalue weighted by atomic mass is 10.1. The lowest BCUT2D eigenvalue weighted by Crippen LogP contribution is -2.31. The molecule has 0 aliphatic heterocycles. The summed E-state index contributed by atoms with van der Waals surface area (Å²) in [5.74, 6) is -1.60. The molecule has 0 saturated heterocycles. The summed E-state index contributed by atoms with van der Waals surface area (Å²) in [6, 6.07) is 7.70. The van der Waals surface area contributed by atoms with Gasteiger partial charge < -0.3 is 10.3 Å². The number of amides is 1. The fraction of sp³-hybridized carbons (Fsp3) is 0.200. The predicted molar refractivity (Wildman–Crippen MR) is 99.4 cm³/mol. The van der Waals surface area contributed by atoms with Gasteiger partial charge in [-0.25, -0.2) is 13.8 Å². The molecular weight excluding hydrogens is 366 g/mol. The maximum absolute atomic E-state index is 13.8. The molecule has 28 heavy (non-hydrogen) atoms. The normalized spacial score (nSPS) is 11.9. The first-order valence-corrected chi connectivity index (χ1v) is 8.60. The minimum absolute atomic E-state index is 0.156. The van der Waals surface area contributed by atoms with Crippen LogP contribution in [0.1, 0.15) is 29.8 Å². The van der Waals surface area contributed by atoms with Crippen molar-refractivity contribution in [3.8, 4) is 11.5 Å². The molecule has 2 aromatic heterocycles. The van der Waals surface area contributed by atoms with E-state index in [1.807, 2.05) is 0 Å². The van der Waals surface area contributed by atoms with E-state index in [0.717, 1.165) is 12.1 Å².